The molecule has 1 fully saturated rings. The number of piperidine rings is 1. The highest BCUT2D eigenvalue weighted by Gasteiger charge is 2.24. The first-order valence-corrected chi connectivity index (χ1v) is 11.1. The predicted molar refractivity (Wildman–Crippen MR) is 119 cm³/mol. The van der Waals surface area contributed by atoms with Gasteiger partial charge in [0.1, 0.15) is 11.9 Å². The number of rotatable bonds is 7. The van der Waals surface area contributed by atoms with E-state index in [0.717, 1.165) is 43.3 Å². The Labute approximate surface area is 178 Å². The summed E-state index contributed by atoms with van der Waals surface area (Å²) in [6.07, 6.45) is 6.01. The number of anilines is 1. The normalized spacial score (nSPS) is 21.8. The molecule has 2 aliphatic heterocycles. The standard InChI is InChI=1S/C24H32N4O2/c1-3-22-26-23-21(8-4-13-25-23)24(29)28(22)19-9-11-20(12-10-19)30-16-6-15-27-14-5-7-18(2)17-27/h4,8-13,18,22,29H,3,5-7,14-17H2,1-2H3/t18-,22?/m0/s1. The molecule has 2 atom stereocenters. The summed E-state index contributed by atoms with van der Waals surface area (Å²) in [5, 5.41) is 11.5. The number of benzene rings is 1. The number of hydrogen-bond donors (Lipinski definition) is 1. The van der Waals surface area contributed by atoms with Crippen molar-refractivity contribution in [2.45, 2.75) is 45.7 Å². The van der Waals surface area contributed by atoms with Crippen LogP contribution in [0, 0.1) is 5.92 Å². The summed E-state index contributed by atoms with van der Waals surface area (Å²) in [5.74, 6) is 1.87. The minimum atomic E-state index is -0.175. The molecule has 1 saturated heterocycles. The number of hydrogen-bond acceptors (Lipinski definition) is 6. The van der Waals surface area contributed by atoms with Crippen LogP contribution in [0.1, 0.15) is 39.5 Å². The molecule has 0 aliphatic carbocycles. The third-order valence-electron chi connectivity index (χ3n) is 5.93. The first kappa shape index (κ1) is 20.7. The Kier molecular flexibility index (Phi) is 6.53. The molecule has 30 heavy (non-hydrogen) atoms. The Balaban J connectivity index is 1.38. The van der Waals surface area contributed by atoms with Crippen molar-refractivity contribution in [3.63, 3.8) is 0 Å². The van der Waals surface area contributed by atoms with Crippen LogP contribution in [0.25, 0.3) is 5.88 Å². The molecule has 0 bridgehead atoms. The molecule has 1 unspecified atom stereocenters. The zero-order valence-electron chi connectivity index (χ0n) is 18.0. The molecule has 0 spiro atoms. The lowest BCUT2D eigenvalue weighted by Gasteiger charge is -2.31. The number of aliphatic hydroxyl groups excluding tert-OH is 1. The Bertz CT molecular complexity index is 960. The predicted octanol–water partition coefficient (Wildman–Crippen LogP) is 3.08. The summed E-state index contributed by atoms with van der Waals surface area (Å²) < 4.78 is 5.95. The fourth-order valence-corrected chi connectivity index (χ4v) is 4.38. The van der Waals surface area contributed by atoms with Gasteiger partial charge in [-0.2, -0.15) is 0 Å². The SMILES string of the molecule is CCC1N=c2ncccc2=C(O)N1c1ccc(OCCCN2CCC[C@H](C)C2)cc1. The Morgan fingerprint density at radius 3 is 2.80 bits per heavy atom. The van der Waals surface area contributed by atoms with Crippen molar-refractivity contribution in [1.29, 1.82) is 0 Å². The summed E-state index contributed by atoms with van der Waals surface area (Å²) in [6, 6.07) is 11.6. The Morgan fingerprint density at radius 1 is 1.20 bits per heavy atom. The molecule has 1 aromatic heterocycles. The Hall–Kier alpha value is -2.60. The van der Waals surface area contributed by atoms with Crippen LogP contribution in [-0.4, -0.2) is 47.4 Å². The molecule has 3 heterocycles. The van der Waals surface area contributed by atoms with Crippen LogP contribution in [0.3, 0.4) is 0 Å². The van der Waals surface area contributed by atoms with Gasteiger partial charge < -0.3 is 14.7 Å². The smallest absolute Gasteiger partial charge is 0.204 e. The molecule has 2 aliphatic rings. The van der Waals surface area contributed by atoms with Gasteiger partial charge in [0.15, 0.2) is 5.49 Å². The monoisotopic (exact) mass is 408 g/mol. The van der Waals surface area contributed by atoms with Gasteiger partial charge in [-0.25, -0.2) is 9.98 Å². The fraction of sp³-hybridized carbons (Fsp3) is 0.500. The summed E-state index contributed by atoms with van der Waals surface area (Å²) in [5.41, 5.74) is 1.49. The number of aromatic nitrogens is 1. The molecule has 1 N–H and O–H groups in total. The van der Waals surface area contributed by atoms with Crippen molar-refractivity contribution >= 4 is 11.6 Å². The molecule has 4 rings (SSSR count). The molecular weight excluding hydrogens is 376 g/mol. The number of aliphatic hydroxyl groups is 1. The van der Waals surface area contributed by atoms with Crippen LogP contribution < -0.4 is 20.3 Å². The van der Waals surface area contributed by atoms with E-state index in [1.807, 2.05) is 41.3 Å². The topological polar surface area (TPSA) is 61.2 Å². The zero-order chi connectivity index (χ0) is 20.9. The van der Waals surface area contributed by atoms with Crippen molar-refractivity contribution < 1.29 is 9.84 Å². The highest BCUT2D eigenvalue weighted by Crippen LogP contribution is 2.26. The van der Waals surface area contributed by atoms with Gasteiger partial charge >= 0.3 is 0 Å². The van der Waals surface area contributed by atoms with Crippen LogP contribution in [0.15, 0.2) is 47.6 Å². The fourth-order valence-electron chi connectivity index (χ4n) is 4.38. The highest BCUT2D eigenvalue weighted by molar-refractivity contribution is 5.65. The van der Waals surface area contributed by atoms with E-state index >= 15 is 0 Å². The largest absolute Gasteiger partial charge is 0.494 e. The maximum atomic E-state index is 10.9. The molecule has 0 amide bonds. The van der Waals surface area contributed by atoms with Crippen molar-refractivity contribution in [3.05, 3.63) is 53.3 Å². The third kappa shape index (κ3) is 4.59. The first-order valence-electron chi connectivity index (χ1n) is 11.1. The van der Waals surface area contributed by atoms with Gasteiger partial charge in [-0.05, 0) is 74.5 Å². The first-order chi connectivity index (χ1) is 14.7. The molecule has 6 heteroatoms. The van der Waals surface area contributed by atoms with Crippen LogP contribution in [-0.2, 0) is 0 Å². The maximum absolute atomic E-state index is 10.9. The van der Waals surface area contributed by atoms with Gasteiger partial charge in [0.05, 0.1) is 11.8 Å². The maximum Gasteiger partial charge on any atom is 0.204 e. The number of likely N-dealkylation sites (tertiary alicyclic amines) is 1. The molecule has 2 aromatic rings. The van der Waals surface area contributed by atoms with E-state index in [-0.39, 0.29) is 12.0 Å². The van der Waals surface area contributed by atoms with E-state index in [2.05, 4.69) is 23.7 Å². The molecule has 0 saturated carbocycles. The highest BCUT2D eigenvalue weighted by atomic mass is 16.5. The lowest BCUT2D eigenvalue weighted by Crippen LogP contribution is -2.47. The van der Waals surface area contributed by atoms with Gasteiger partial charge in [-0.1, -0.05) is 13.8 Å². The van der Waals surface area contributed by atoms with Crippen molar-refractivity contribution in [1.82, 2.24) is 9.88 Å². The second-order valence-electron chi connectivity index (χ2n) is 8.33. The van der Waals surface area contributed by atoms with Crippen molar-refractivity contribution in [2.75, 3.05) is 31.1 Å². The number of nitrogens with zero attached hydrogens (tertiary/aromatic N) is 4. The van der Waals surface area contributed by atoms with E-state index in [4.69, 9.17) is 9.73 Å². The van der Waals surface area contributed by atoms with Crippen LogP contribution in [0.4, 0.5) is 5.69 Å². The van der Waals surface area contributed by atoms with E-state index in [9.17, 15) is 5.11 Å². The van der Waals surface area contributed by atoms with Crippen molar-refractivity contribution in [3.8, 4) is 5.75 Å². The van der Waals surface area contributed by atoms with Crippen LogP contribution in [0.2, 0.25) is 0 Å². The molecular formula is C24H32N4O2. The quantitative estimate of drug-likeness (QED) is 0.714. The second-order valence-corrected chi connectivity index (χ2v) is 8.33. The molecule has 6 nitrogen and oxygen atoms in total. The average Bonchev–Trinajstić information content (AvgIpc) is 2.77. The average molecular weight is 409 g/mol. The van der Waals surface area contributed by atoms with E-state index in [0.29, 0.717) is 10.7 Å². The third-order valence-corrected chi connectivity index (χ3v) is 5.93. The summed E-state index contributed by atoms with van der Waals surface area (Å²) in [7, 11) is 0. The van der Waals surface area contributed by atoms with Gasteiger partial charge in [0, 0.05) is 25.0 Å². The van der Waals surface area contributed by atoms with Gasteiger partial charge in [0.25, 0.3) is 0 Å². The summed E-state index contributed by atoms with van der Waals surface area (Å²) in [4.78, 5) is 13.4. The van der Waals surface area contributed by atoms with Gasteiger partial charge in [-0.15, -0.1) is 0 Å². The van der Waals surface area contributed by atoms with E-state index in [1.54, 1.807) is 6.20 Å². The molecule has 160 valence electrons. The summed E-state index contributed by atoms with van der Waals surface area (Å²) in [6.45, 7) is 8.66. The second kappa shape index (κ2) is 9.47. The van der Waals surface area contributed by atoms with E-state index < -0.39 is 0 Å². The number of ether oxygens (including phenoxy) is 1. The van der Waals surface area contributed by atoms with E-state index in [1.165, 1.54) is 25.9 Å². The Morgan fingerprint density at radius 2 is 2.03 bits per heavy atom. The van der Waals surface area contributed by atoms with Gasteiger partial charge in [0.2, 0.25) is 5.88 Å². The number of fused-ring (bicyclic) bond motifs is 1. The van der Waals surface area contributed by atoms with Crippen LogP contribution >= 0.6 is 0 Å². The molecule has 1 aromatic carbocycles. The minimum absolute atomic E-state index is 0.175. The lowest BCUT2D eigenvalue weighted by atomic mass is 10.0. The molecule has 0 radical (unpaired) electrons. The van der Waals surface area contributed by atoms with Crippen LogP contribution in [0.5, 0.6) is 5.75 Å². The van der Waals surface area contributed by atoms with Gasteiger partial charge in [-0.3, -0.25) is 4.90 Å². The van der Waals surface area contributed by atoms with Crippen molar-refractivity contribution in [2.24, 2.45) is 10.9 Å². The minimum Gasteiger partial charge on any atom is -0.494 e. The lowest BCUT2D eigenvalue weighted by molar-refractivity contribution is 0.170. The number of pyridine rings is 1. The summed E-state index contributed by atoms with van der Waals surface area (Å²) >= 11 is 0. The zero-order valence-corrected chi connectivity index (χ0v) is 18.0.